The van der Waals surface area contributed by atoms with Crippen molar-refractivity contribution in [1.82, 2.24) is 0 Å². The van der Waals surface area contributed by atoms with Crippen molar-refractivity contribution in [2.45, 2.75) is 64.6 Å². The van der Waals surface area contributed by atoms with Gasteiger partial charge < -0.3 is 19.5 Å². The van der Waals surface area contributed by atoms with Crippen molar-refractivity contribution in [2.24, 2.45) is 23.0 Å². The molecular weight excluding hydrogens is 325 g/mol. The van der Waals surface area contributed by atoms with Gasteiger partial charge in [-0.3, -0.25) is 0 Å². The Hall–Kier alpha value is -1.30. The quantitative estimate of drug-likeness (QED) is 0.851. The summed E-state index contributed by atoms with van der Waals surface area (Å²) in [5.41, 5.74) is 9.99. The van der Waals surface area contributed by atoms with Crippen LogP contribution in [0.5, 0.6) is 0 Å². The highest BCUT2D eigenvalue weighted by Crippen LogP contribution is 2.65. The average Bonchev–Trinajstić information content (AvgIpc) is 3.15. The first-order valence-electron chi connectivity index (χ1n) is 9.85. The van der Waals surface area contributed by atoms with E-state index >= 15 is 0 Å². The molecule has 3 saturated carbocycles. The minimum atomic E-state index is -0.339. The van der Waals surface area contributed by atoms with E-state index in [1.54, 1.807) is 0 Å². The largest absolute Gasteiger partial charge is 0.475 e. The molecule has 4 nitrogen and oxygen atoms in total. The molecule has 6 rings (SSSR count). The second-order valence-electron chi connectivity index (χ2n) is 9.41. The molecule has 4 aliphatic rings. The van der Waals surface area contributed by atoms with Gasteiger partial charge in [-0.05, 0) is 67.6 Å². The lowest BCUT2D eigenvalue weighted by Gasteiger charge is -2.64. The fraction of sp³-hybridized carbons (Fsp3) is 0.619. The Balaban J connectivity index is 1.37. The van der Waals surface area contributed by atoms with Crippen LogP contribution in [0.3, 0.4) is 0 Å². The Labute approximate surface area is 155 Å². The fourth-order valence-electron chi connectivity index (χ4n) is 5.93. The van der Waals surface area contributed by atoms with E-state index in [1.807, 2.05) is 18.4 Å². The van der Waals surface area contributed by atoms with Gasteiger partial charge in [0.25, 0.3) is 0 Å². The Morgan fingerprint density at radius 3 is 2.85 bits per heavy atom. The van der Waals surface area contributed by atoms with E-state index in [0.717, 1.165) is 23.5 Å². The minimum absolute atomic E-state index is 0.179. The number of hydrogen-bond donors (Lipinski definition) is 1. The first-order valence-corrected chi connectivity index (χ1v) is 9.85. The summed E-state index contributed by atoms with van der Waals surface area (Å²) in [5.74, 6) is 1.12. The van der Waals surface area contributed by atoms with E-state index in [1.165, 1.54) is 17.4 Å². The zero-order chi connectivity index (χ0) is 18.3. The van der Waals surface area contributed by atoms with Gasteiger partial charge in [0.15, 0.2) is 0 Å². The molecular formula is C21H28BNO3. The molecule has 5 heteroatoms. The molecule has 26 heavy (non-hydrogen) atoms. The van der Waals surface area contributed by atoms with E-state index < -0.39 is 0 Å². The van der Waals surface area contributed by atoms with Crippen molar-refractivity contribution in [2.75, 3.05) is 0 Å². The Bertz CT molecular complexity index is 862. The lowest BCUT2D eigenvalue weighted by atomic mass is 9.43. The number of nitrogens with two attached hydrogens (primary N) is 1. The van der Waals surface area contributed by atoms with Crippen LogP contribution in [0.1, 0.15) is 44.7 Å². The molecule has 0 radical (unpaired) electrons. The summed E-state index contributed by atoms with van der Waals surface area (Å²) in [6, 6.07) is 6.14. The minimum Gasteiger partial charge on any atom is -0.464 e. The molecule has 1 aromatic carbocycles. The van der Waals surface area contributed by atoms with Crippen LogP contribution in [0, 0.1) is 24.2 Å². The van der Waals surface area contributed by atoms with Crippen LogP contribution in [-0.2, 0) is 15.7 Å². The van der Waals surface area contributed by atoms with Gasteiger partial charge >= 0.3 is 7.12 Å². The summed E-state index contributed by atoms with van der Waals surface area (Å²) >= 11 is 0. The van der Waals surface area contributed by atoms with Crippen LogP contribution in [0.2, 0.25) is 0 Å². The fourth-order valence-corrected chi connectivity index (χ4v) is 5.93. The Morgan fingerprint density at radius 1 is 1.27 bits per heavy atom. The van der Waals surface area contributed by atoms with Gasteiger partial charge in [0, 0.05) is 11.3 Å². The number of aryl methyl sites for hydroxylation is 1. The number of fused-ring (bicyclic) bond motifs is 1. The SMILES string of the molecule is Cc1cccc2occ(C[C@H](N)B3O[C@@H]4C[C@@H]5CC(C5(C)C)[C@]4(C)O3)c12. The summed E-state index contributed by atoms with van der Waals surface area (Å²) in [6.45, 7) is 9.11. The highest BCUT2D eigenvalue weighted by molar-refractivity contribution is 6.47. The van der Waals surface area contributed by atoms with Gasteiger partial charge in [-0.15, -0.1) is 0 Å². The summed E-state index contributed by atoms with van der Waals surface area (Å²) in [7, 11) is -0.339. The second kappa shape index (κ2) is 5.37. The molecule has 2 N–H and O–H groups in total. The summed E-state index contributed by atoms with van der Waals surface area (Å²) < 4.78 is 18.6. The van der Waals surface area contributed by atoms with Crippen molar-refractivity contribution in [3.8, 4) is 0 Å². The lowest BCUT2D eigenvalue weighted by Crippen LogP contribution is -2.65. The van der Waals surface area contributed by atoms with Gasteiger partial charge in [-0.2, -0.15) is 0 Å². The molecule has 2 aromatic rings. The molecule has 0 amide bonds. The molecule has 2 bridgehead atoms. The molecule has 2 heterocycles. The Kier molecular flexibility index (Phi) is 3.48. The predicted molar refractivity (Wildman–Crippen MR) is 103 cm³/mol. The van der Waals surface area contributed by atoms with E-state index in [-0.39, 0.29) is 24.8 Å². The van der Waals surface area contributed by atoms with Gasteiger partial charge in [0.05, 0.1) is 18.0 Å². The standard InChI is InChI=1S/C21H28BNO3/c1-12-6-5-7-15-19(12)13(11-24-15)8-18(23)22-25-17-10-14-9-16(20(14,2)3)21(17,4)26-22/h5-7,11,14,16-18H,8-10,23H2,1-4H3/t14-,16?,17+,18-,21-/m0/s1. The van der Waals surface area contributed by atoms with Crippen molar-refractivity contribution >= 4 is 18.1 Å². The molecule has 0 spiro atoms. The first-order chi connectivity index (χ1) is 12.3. The van der Waals surface area contributed by atoms with Crippen LogP contribution >= 0.6 is 0 Å². The van der Waals surface area contributed by atoms with Crippen molar-refractivity contribution in [3.05, 3.63) is 35.6 Å². The highest BCUT2D eigenvalue weighted by Gasteiger charge is 2.68. The normalized spacial score (nSPS) is 36.0. The monoisotopic (exact) mass is 353 g/mol. The van der Waals surface area contributed by atoms with E-state index in [4.69, 9.17) is 19.5 Å². The van der Waals surface area contributed by atoms with Crippen LogP contribution in [-0.4, -0.2) is 24.8 Å². The summed E-state index contributed by atoms with van der Waals surface area (Å²) in [5, 5.41) is 1.17. The number of benzene rings is 1. The zero-order valence-electron chi connectivity index (χ0n) is 16.1. The number of hydrogen-bond acceptors (Lipinski definition) is 4. The Morgan fingerprint density at radius 2 is 2.08 bits per heavy atom. The molecule has 1 saturated heterocycles. The van der Waals surface area contributed by atoms with Gasteiger partial charge in [0.2, 0.25) is 0 Å². The van der Waals surface area contributed by atoms with E-state index in [9.17, 15) is 0 Å². The van der Waals surface area contributed by atoms with E-state index in [0.29, 0.717) is 17.8 Å². The third-order valence-corrected chi connectivity index (χ3v) is 7.66. The van der Waals surface area contributed by atoms with Crippen LogP contribution < -0.4 is 5.73 Å². The van der Waals surface area contributed by atoms with Gasteiger partial charge in [-0.25, -0.2) is 0 Å². The third-order valence-electron chi connectivity index (χ3n) is 7.66. The maximum Gasteiger partial charge on any atom is 0.475 e. The second-order valence-corrected chi connectivity index (χ2v) is 9.41. The number of furan rings is 1. The lowest BCUT2D eigenvalue weighted by molar-refractivity contribution is -0.199. The first kappa shape index (κ1) is 16.8. The summed E-state index contributed by atoms with van der Waals surface area (Å²) in [4.78, 5) is 0. The maximum atomic E-state index is 6.56. The van der Waals surface area contributed by atoms with E-state index in [2.05, 4.69) is 33.8 Å². The summed E-state index contributed by atoms with van der Waals surface area (Å²) in [6.07, 6.45) is 5.07. The van der Waals surface area contributed by atoms with Crippen LogP contribution in [0.25, 0.3) is 11.0 Å². The molecule has 1 unspecified atom stereocenters. The molecule has 138 valence electrons. The zero-order valence-corrected chi connectivity index (χ0v) is 16.1. The van der Waals surface area contributed by atoms with Crippen LogP contribution in [0.15, 0.2) is 28.9 Å². The third kappa shape index (κ3) is 2.14. The topological polar surface area (TPSA) is 57.6 Å². The molecule has 3 aliphatic carbocycles. The van der Waals surface area contributed by atoms with Crippen molar-refractivity contribution in [3.63, 3.8) is 0 Å². The van der Waals surface area contributed by atoms with Crippen LogP contribution in [0.4, 0.5) is 0 Å². The molecule has 4 fully saturated rings. The van der Waals surface area contributed by atoms with Gasteiger partial charge in [0.1, 0.15) is 5.58 Å². The molecule has 1 aromatic heterocycles. The predicted octanol–water partition coefficient (Wildman–Crippen LogP) is 3.88. The van der Waals surface area contributed by atoms with Crippen molar-refractivity contribution < 1.29 is 13.7 Å². The number of rotatable bonds is 3. The average molecular weight is 353 g/mol. The van der Waals surface area contributed by atoms with Gasteiger partial charge in [-0.1, -0.05) is 26.0 Å². The molecule has 5 atom stereocenters. The maximum absolute atomic E-state index is 6.56. The smallest absolute Gasteiger partial charge is 0.464 e. The van der Waals surface area contributed by atoms with Crippen molar-refractivity contribution in [1.29, 1.82) is 0 Å². The molecule has 1 aliphatic heterocycles. The highest BCUT2D eigenvalue weighted by atomic mass is 16.7.